The molecule has 0 saturated heterocycles. The second-order valence-corrected chi connectivity index (χ2v) is 4.83. The Balaban J connectivity index is 2.06. The van der Waals surface area contributed by atoms with E-state index in [0.717, 1.165) is 24.7 Å². The first-order valence-corrected chi connectivity index (χ1v) is 5.51. The van der Waals surface area contributed by atoms with E-state index in [-0.39, 0.29) is 5.41 Å². The van der Waals surface area contributed by atoms with E-state index < -0.39 is 0 Å². The van der Waals surface area contributed by atoms with Gasteiger partial charge in [-0.05, 0) is 36.4 Å². The SMILES string of the molecule is CNCC(C)(Cc1nnn(C)n1)C1CC1. The lowest BCUT2D eigenvalue weighted by molar-refractivity contribution is 0.257. The highest BCUT2D eigenvalue weighted by atomic mass is 15.6. The second kappa shape index (κ2) is 3.89. The average molecular weight is 209 g/mol. The summed E-state index contributed by atoms with van der Waals surface area (Å²) in [4.78, 5) is 1.53. The minimum Gasteiger partial charge on any atom is -0.319 e. The zero-order valence-electron chi connectivity index (χ0n) is 9.69. The fourth-order valence-corrected chi connectivity index (χ4v) is 2.29. The lowest BCUT2D eigenvalue weighted by atomic mass is 9.81. The van der Waals surface area contributed by atoms with Crippen molar-refractivity contribution in [3.8, 4) is 0 Å². The van der Waals surface area contributed by atoms with Crippen molar-refractivity contribution in [3.63, 3.8) is 0 Å². The topological polar surface area (TPSA) is 55.6 Å². The standard InChI is InChI=1S/C10H19N5/c1-10(7-11-2,8-4-5-8)6-9-12-14-15(3)13-9/h8,11H,4-7H2,1-3H3. The molecular weight excluding hydrogens is 190 g/mol. The van der Waals surface area contributed by atoms with Gasteiger partial charge < -0.3 is 5.32 Å². The van der Waals surface area contributed by atoms with E-state index in [1.165, 1.54) is 17.6 Å². The molecule has 0 spiro atoms. The van der Waals surface area contributed by atoms with Gasteiger partial charge in [0, 0.05) is 13.0 Å². The van der Waals surface area contributed by atoms with Crippen molar-refractivity contribution >= 4 is 0 Å². The molecule has 0 amide bonds. The molecule has 1 atom stereocenters. The monoisotopic (exact) mass is 209 g/mol. The molecule has 0 radical (unpaired) electrons. The fraction of sp³-hybridized carbons (Fsp3) is 0.900. The smallest absolute Gasteiger partial charge is 0.175 e. The number of aromatic nitrogens is 4. The van der Waals surface area contributed by atoms with E-state index in [9.17, 15) is 0 Å². The van der Waals surface area contributed by atoms with Gasteiger partial charge >= 0.3 is 0 Å². The van der Waals surface area contributed by atoms with Crippen LogP contribution in [0.4, 0.5) is 0 Å². The fourth-order valence-electron chi connectivity index (χ4n) is 2.29. The molecular formula is C10H19N5. The van der Waals surface area contributed by atoms with E-state index in [1.54, 1.807) is 0 Å². The van der Waals surface area contributed by atoms with E-state index in [1.807, 2.05) is 14.1 Å². The van der Waals surface area contributed by atoms with Crippen LogP contribution >= 0.6 is 0 Å². The summed E-state index contributed by atoms with van der Waals surface area (Å²) < 4.78 is 0. The number of hydrogen-bond acceptors (Lipinski definition) is 4. The van der Waals surface area contributed by atoms with Crippen LogP contribution in [-0.2, 0) is 13.5 Å². The quantitative estimate of drug-likeness (QED) is 0.762. The molecule has 0 bridgehead atoms. The van der Waals surface area contributed by atoms with Gasteiger partial charge in [-0.1, -0.05) is 6.92 Å². The molecule has 5 nitrogen and oxygen atoms in total. The molecule has 1 unspecified atom stereocenters. The Morgan fingerprint density at radius 2 is 2.27 bits per heavy atom. The number of nitrogens with one attached hydrogen (secondary N) is 1. The van der Waals surface area contributed by atoms with Crippen LogP contribution in [-0.4, -0.2) is 33.8 Å². The molecule has 1 aliphatic rings. The zero-order valence-corrected chi connectivity index (χ0v) is 9.69. The maximum atomic E-state index is 4.25. The molecule has 1 aromatic rings. The maximum Gasteiger partial charge on any atom is 0.175 e. The summed E-state index contributed by atoms with van der Waals surface area (Å²) in [6, 6.07) is 0. The molecule has 1 heterocycles. The highest BCUT2D eigenvalue weighted by Gasteiger charge is 2.41. The molecule has 1 N–H and O–H groups in total. The van der Waals surface area contributed by atoms with Crippen LogP contribution in [0.5, 0.6) is 0 Å². The van der Waals surface area contributed by atoms with Gasteiger partial charge in [0.25, 0.3) is 0 Å². The Kier molecular flexibility index (Phi) is 2.73. The minimum atomic E-state index is 0.289. The van der Waals surface area contributed by atoms with Gasteiger partial charge in [0.05, 0.1) is 7.05 Å². The summed E-state index contributed by atoms with van der Waals surface area (Å²) >= 11 is 0. The van der Waals surface area contributed by atoms with Crippen LogP contribution in [0.1, 0.15) is 25.6 Å². The highest BCUT2D eigenvalue weighted by Crippen LogP contribution is 2.46. The van der Waals surface area contributed by atoms with Crippen LogP contribution in [0.15, 0.2) is 0 Å². The summed E-state index contributed by atoms with van der Waals surface area (Å²) in [7, 11) is 3.81. The van der Waals surface area contributed by atoms with E-state index in [0.29, 0.717) is 0 Å². The summed E-state index contributed by atoms with van der Waals surface area (Å²) in [6.07, 6.45) is 3.61. The Morgan fingerprint density at radius 3 is 2.73 bits per heavy atom. The van der Waals surface area contributed by atoms with Crippen molar-refractivity contribution in [2.45, 2.75) is 26.2 Å². The summed E-state index contributed by atoms with van der Waals surface area (Å²) in [5.41, 5.74) is 0.289. The third-order valence-electron chi connectivity index (χ3n) is 3.26. The molecule has 15 heavy (non-hydrogen) atoms. The molecule has 1 fully saturated rings. The van der Waals surface area contributed by atoms with E-state index in [4.69, 9.17) is 0 Å². The number of aryl methyl sites for hydroxylation is 1. The predicted molar refractivity (Wildman–Crippen MR) is 57.3 cm³/mol. The Bertz CT molecular complexity index is 330. The minimum absolute atomic E-state index is 0.289. The van der Waals surface area contributed by atoms with Crippen molar-refractivity contribution in [2.24, 2.45) is 18.4 Å². The van der Waals surface area contributed by atoms with Crippen molar-refractivity contribution < 1.29 is 0 Å². The Morgan fingerprint density at radius 1 is 1.53 bits per heavy atom. The molecule has 1 saturated carbocycles. The van der Waals surface area contributed by atoms with Crippen LogP contribution in [0.25, 0.3) is 0 Å². The summed E-state index contributed by atoms with van der Waals surface area (Å²) in [5.74, 6) is 1.69. The van der Waals surface area contributed by atoms with Gasteiger partial charge in [-0.15, -0.1) is 10.2 Å². The molecule has 0 aromatic carbocycles. The lowest BCUT2D eigenvalue weighted by Gasteiger charge is -2.27. The van der Waals surface area contributed by atoms with Crippen LogP contribution in [0.2, 0.25) is 0 Å². The molecule has 2 rings (SSSR count). The van der Waals surface area contributed by atoms with E-state index >= 15 is 0 Å². The number of hydrogen-bond donors (Lipinski definition) is 1. The summed E-state index contributed by atoms with van der Waals surface area (Å²) in [5, 5.41) is 15.5. The Labute approximate surface area is 90.2 Å². The average Bonchev–Trinajstić information content (AvgIpc) is 2.93. The van der Waals surface area contributed by atoms with Gasteiger partial charge in [0.2, 0.25) is 0 Å². The van der Waals surface area contributed by atoms with Gasteiger partial charge in [-0.25, -0.2) is 0 Å². The number of rotatable bonds is 5. The number of tetrazole rings is 1. The number of nitrogens with zero attached hydrogens (tertiary/aromatic N) is 4. The van der Waals surface area contributed by atoms with Crippen molar-refractivity contribution in [3.05, 3.63) is 5.82 Å². The maximum absolute atomic E-state index is 4.25. The zero-order chi connectivity index (χ0) is 10.9. The van der Waals surface area contributed by atoms with Gasteiger partial charge in [0.1, 0.15) is 0 Å². The first-order chi connectivity index (χ1) is 7.14. The molecule has 84 valence electrons. The van der Waals surface area contributed by atoms with Gasteiger partial charge in [-0.2, -0.15) is 4.80 Å². The summed E-state index contributed by atoms with van der Waals surface area (Å²) in [6.45, 7) is 3.34. The molecule has 1 aliphatic carbocycles. The molecule has 5 heteroatoms. The largest absolute Gasteiger partial charge is 0.319 e. The van der Waals surface area contributed by atoms with Crippen LogP contribution in [0, 0.1) is 11.3 Å². The molecule has 0 aliphatic heterocycles. The predicted octanol–water partition coefficient (Wildman–Crippen LogP) is 0.388. The lowest BCUT2D eigenvalue weighted by Crippen LogP contribution is -2.34. The van der Waals surface area contributed by atoms with Gasteiger partial charge in [0.15, 0.2) is 5.82 Å². The normalized spacial score (nSPS) is 20.2. The third kappa shape index (κ3) is 2.34. The first kappa shape index (κ1) is 10.5. The highest BCUT2D eigenvalue weighted by molar-refractivity contribution is 4.98. The van der Waals surface area contributed by atoms with Crippen LogP contribution in [0.3, 0.4) is 0 Å². The third-order valence-corrected chi connectivity index (χ3v) is 3.26. The Hall–Kier alpha value is -0.970. The second-order valence-electron chi connectivity index (χ2n) is 4.83. The van der Waals surface area contributed by atoms with Crippen LogP contribution < -0.4 is 5.32 Å². The van der Waals surface area contributed by atoms with E-state index in [2.05, 4.69) is 27.7 Å². The van der Waals surface area contributed by atoms with Crippen molar-refractivity contribution in [2.75, 3.05) is 13.6 Å². The van der Waals surface area contributed by atoms with Crippen molar-refractivity contribution in [1.29, 1.82) is 0 Å². The first-order valence-electron chi connectivity index (χ1n) is 5.51. The van der Waals surface area contributed by atoms with Crippen molar-refractivity contribution in [1.82, 2.24) is 25.5 Å². The molecule has 1 aromatic heterocycles. The van der Waals surface area contributed by atoms with Gasteiger partial charge in [-0.3, -0.25) is 0 Å².